The Kier molecular flexibility index (Phi) is 7.06. The van der Waals surface area contributed by atoms with E-state index in [1.807, 2.05) is 19.1 Å². The van der Waals surface area contributed by atoms with Crippen LogP contribution in [0.1, 0.15) is 71.1 Å². The first-order valence-electron chi connectivity index (χ1n) is 9.96. The fraction of sp³-hybridized carbons (Fsp3) is 0.400. The molecule has 1 aliphatic carbocycles. The molecule has 0 radical (unpaired) electrons. The SMILES string of the molecule is CCOc1cc2c(cc1C(=CC=CC(C)=CC(=O)O)CC)C(C)=CCC2(C)C. The Balaban J connectivity index is 2.54. The number of rotatable bonds is 7. The van der Waals surface area contributed by atoms with E-state index < -0.39 is 5.97 Å². The normalized spacial score (nSPS) is 16.7. The summed E-state index contributed by atoms with van der Waals surface area (Å²) in [7, 11) is 0. The standard InChI is InChI=1S/C25H32O3/c1-7-19(11-9-10-17(3)14-24(26)27)21-15-20-18(4)12-13-25(5,6)22(20)16-23(21)28-8-2/h9-12,14-16H,7-8,13H2,1-6H3,(H,26,27). The Morgan fingerprint density at radius 1 is 1.29 bits per heavy atom. The predicted octanol–water partition coefficient (Wildman–Crippen LogP) is 6.55. The highest BCUT2D eigenvalue weighted by atomic mass is 16.5. The van der Waals surface area contributed by atoms with Gasteiger partial charge in [0.25, 0.3) is 0 Å². The molecule has 1 N–H and O–H groups in total. The average molecular weight is 381 g/mol. The third-order valence-corrected chi connectivity index (χ3v) is 5.23. The van der Waals surface area contributed by atoms with Gasteiger partial charge in [0.15, 0.2) is 0 Å². The lowest BCUT2D eigenvalue weighted by atomic mass is 9.72. The molecule has 0 heterocycles. The second-order valence-corrected chi connectivity index (χ2v) is 7.93. The van der Waals surface area contributed by atoms with Crippen LogP contribution in [0.2, 0.25) is 0 Å². The van der Waals surface area contributed by atoms with Gasteiger partial charge in [-0.15, -0.1) is 0 Å². The number of hydrogen-bond acceptors (Lipinski definition) is 2. The topological polar surface area (TPSA) is 46.5 Å². The predicted molar refractivity (Wildman–Crippen MR) is 118 cm³/mol. The van der Waals surface area contributed by atoms with Crippen molar-refractivity contribution in [1.29, 1.82) is 0 Å². The van der Waals surface area contributed by atoms with E-state index in [-0.39, 0.29) is 5.41 Å². The lowest BCUT2D eigenvalue weighted by Gasteiger charge is -2.32. The van der Waals surface area contributed by atoms with Crippen molar-refractivity contribution in [2.45, 2.75) is 59.8 Å². The van der Waals surface area contributed by atoms with Crippen LogP contribution in [0.15, 0.2) is 48.1 Å². The summed E-state index contributed by atoms with van der Waals surface area (Å²) in [5, 5.41) is 8.84. The maximum absolute atomic E-state index is 10.8. The Hall–Kier alpha value is -2.55. The summed E-state index contributed by atoms with van der Waals surface area (Å²) in [6.07, 6.45) is 11.2. The van der Waals surface area contributed by atoms with Crippen LogP contribution in [0.4, 0.5) is 0 Å². The number of aliphatic carboxylic acids is 1. The van der Waals surface area contributed by atoms with Crippen molar-refractivity contribution in [3.05, 3.63) is 64.8 Å². The zero-order chi connectivity index (χ0) is 20.9. The van der Waals surface area contributed by atoms with E-state index in [0.29, 0.717) is 12.2 Å². The van der Waals surface area contributed by atoms with E-state index in [0.717, 1.165) is 24.2 Å². The second-order valence-electron chi connectivity index (χ2n) is 7.93. The van der Waals surface area contributed by atoms with Gasteiger partial charge in [-0.25, -0.2) is 4.79 Å². The zero-order valence-electron chi connectivity index (χ0n) is 17.9. The van der Waals surface area contributed by atoms with Crippen LogP contribution in [-0.4, -0.2) is 17.7 Å². The van der Waals surface area contributed by atoms with E-state index in [2.05, 4.69) is 52.0 Å². The monoisotopic (exact) mass is 380 g/mol. The van der Waals surface area contributed by atoms with Gasteiger partial charge < -0.3 is 9.84 Å². The number of carbonyl (C=O) groups is 1. The molecule has 3 nitrogen and oxygen atoms in total. The number of allylic oxidation sites excluding steroid dienone is 7. The van der Waals surface area contributed by atoms with Crippen molar-refractivity contribution >= 4 is 17.1 Å². The summed E-state index contributed by atoms with van der Waals surface area (Å²) in [6.45, 7) is 13.3. The van der Waals surface area contributed by atoms with Crippen LogP contribution in [0, 0.1) is 0 Å². The van der Waals surface area contributed by atoms with Crippen molar-refractivity contribution in [2.75, 3.05) is 6.61 Å². The summed E-state index contributed by atoms with van der Waals surface area (Å²) in [5.41, 5.74) is 7.01. The quantitative estimate of drug-likeness (QED) is 0.431. The first-order valence-corrected chi connectivity index (χ1v) is 9.96. The van der Waals surface area contributed by atoms with Crippen LogP contribution in [0.25, 0.3) is 11.1 Å². The molecule has 0 unspecified atom stereocenters. The second kappa shape index (κ2) is 9.09. The summed E-state index contributed by atoms with van der Waals surface area (Å²) >= 11 is 0. The maximum Gasteiger partial charge on any atom is 0.328 e. The number of benzene rings is 1. The van der Waals surface area contributed by atoms with Gasteiger partial charge in [0.1, 0.15) is 5.75 Å². The number of hydrogen-bond donors (Lipinski definition) is 1. The molecule has 1 aliphatic rings. The minimum absolute atomic E-state index is 0.0912. The Morgan fingerprint density at radius 3 is 2.61 bits per heavy atom. The molecule has 150 valence electrons. The van der Waals surface area contributed by atoms with Crippen LogP contribution < -0.4 is 4.74 Å². The zero-order valence-corrected chi connectivity index (χ0v) is 17.9. The first-order chi connectivity index (χ1) is 13.2. The smallest absolute Gasteiger partial charge is 0.328 e. The molecular formula is C25H32O3. The van der Waals surface area contributed by atoms with Gasteiger partial charge in [-0.1, -0.05) is 45.1 Å². The lowest BCUT2D eigenvalue weighted by Crippen LogP contribution is -2.21. The third-order valence-electron chi connectivity index (χ3n) is 5.23. The molecule has 0 spiro atoms. The molecule has 0 aromatic heterocycles. The lowest BCUT2D eigenvalue weighted by molar-refractivity contribution is -0.131. The molecule has 0 saturated heterocycles. The van der Waals surface area contributed by atoms with Crippen molar-refractivity contribution in [3.8, 4) is 5.75 Å². The Labute approximate surface area is 169 Å². The molecule has 3 heteroatoms. The fourth-order valence-corrected chi connectivity index (χ4v) is 3.58. The molecule has 1 aromatic carbocycles. The van der Waals surface area contributed by atoms with Crippen molar-refractivity contribution in [1.82, 2.24) is 0 Å². The molecular weight excluding hydrogens is 348 g/mol. The van der Waals surface area contributed by atoms with Gasteiger partial charge in [0.05, 0.1) is 6.61 Å². The van der Waals surface area contributed by atoms with Crippen LogP contribution >= 0.6 is 0 Å². The average Bonchev–Trinajstić information content (AvgIpc) is 2.62. The largest absolute Gasteiger partial charge is 0.493 e. The molecule has 0 aliphatic heterocycles. The summed E-state index contributed by atoms with van der Waals surface area (Å²) in [5.74, 6) is -0.0108. The van der Waals surface area contributed by atoms with Gasteiger partial charge >= 0.3 is 5.97 Å². The molecule has 2 rings (SSSR count). The molecule has 0 atom stereocenters. The highest BCUT2D eigenvalue weighted by molar-refractivity contribution is 5.81. The van der Waals surface area contributed by atoms with E-state index in [1.165, 1.54) is 28.3 Å². The highest BCUT2D eigenvalue weighted by Gasteiger charge is 2.28. The molecule has 0 bridgehead atoms. The number of carboxylic acid groups (broad SMARTS) is 1. The van der Waals surface area contributed by atoms with Crippen molar-refractivity contribution < 1.29 is 14.6 Å². The van der Waals surface area contributed by atoms with E-state index >= 15 is 0 Å². The number of carboxylic acids is 1. The molecule has 0 saturated carbocycles. The fourth-order valence-electron chi connectivity index (χ4n) is 3.58. The van der Waals surface area contributed by atoms with Gasteiger partial charge in [-0.2, -0.15) is 0 Å². The summed E-state index contributed by atoms with van der Waals surface area (Å²) in [6, 6.07) is 4.48. The van der Waals surface area contributed by atoms with Gasteiger partial charge in [0.2, 0.25) is 0 Å². The van der Waals surface area contributed by atoms with Crippen molar-refractivity contribution in [3.63, 3.8) is 0 Å². The maximum atomic E-state index is 10.8. The summed E-state index contributed by atoms with van der Waals surface area (Å²) < 4.78 is 6.02. The Morgan fingerprint density at radius 2 is 2.00 bits per heavy atom. The van der Waals surface area contributed by atoms with E-state index in [1.54, 1.807) is 6.92 Å². The van der Waals surface area contributed by atoms with Gasteiger partial charge in [-0.05, 0) is 79.0 Å². The van der Waals surface area contributed by atoms with Crippen molar-refractivity contribution in [2.24, 2.45) is 0 Å². The van der Waals surface area contributed by atoms with Gasteiger partial charge in [-0.3, -0.25) is 0 Å². The number of fused-ring (bicyclic) bond motifs is 1. The van der Waals surface area contributed by atoms with Crippen LogP contribution in [-0.2, 0) is 10.2 Å². The molecule has 0 fully saturated rings. The Bertz CT molecular complexity index is 864. The van der Waals surface area contributed by atoms with Gasteiger partial charge in [0, 0.05) is 11.6 Å². The minimum atomic E-state index is -0.931. The van der Waals surface area contributed by atoms with E-state index in [4.69, 9.17) is 9.84 Å². The van der Waals surface area contributed by atoms with Crippen LogP contribution in [0.3, 0.4) is 0 Å². The minimum Gasteiger partial charge on any atom is -0.493 e. The molecule has 28 heavy (non-hydrogen) atoms. The van der Waals surface area contributed by atoms with Crippen LogP contribution in [0.5, 0.6) is 5.75 Å². The molecule has 0 amide bonds. The number of ether oxygens (including phenoxy) is 1. The third kappa shape index (κ3) is 5.03. The van der Waals surface area contributed by atoms with E-state index in [9.17, 15) is 4.79 Å². The highest BCUT2D eigenvalue weighted by Crippen LogP contribution is 2.43. The molecule has 1 aromatic rings. The summed E-state index contributed by atoms with van der Waals surface area (Å²) in [4.78, 5) is 10.8. The first kappa shape index (κ1) is 21.7.